The van der Waals surface area contributed by atoms with Crippen molar-refractivity contribution in [3.05, 3.63) is 95.2 Å². The molecule has 0 aliphatic heterocycles. The third-order valence-corrected chi connectivity index (χ3v) is 6.39. The minimum absolute atomic E-state index is 0.507. The maximum absolute atomic E-state index is 6.25. The van der Waals surface area contributed by atoms with Crippen LogP contribution in [0.2, 0.25) is 10.0 Å². The van der Waals surface area contributed by atoms with Crippen LogP contribution in [0, 0.1) is 0 Å². The first kappa shape index (κ1) is 19.2. The average Bonchev–Trinajstić information content (AvgIpc) is 3.18. The van der Waals surface area contributed by atoms with Gasteiger partial charge >= 0.3 is 0 Å². The molecule has 0 atom stereocenters. The van der Waals surface area contributed by atoms with E-state index >= 15 is 0 Å². The molecule has 0 aliphatic carbocycles. The predicted molar refractivity (Wildman–Crippen MR) is 123 cm³/mol. The topological polar surface area (TPSA) is 38.9 Å². The lowest BCUT2D eigenvalue weighted by atomic mass is 10.00. The van der Waals surface area contributed by atoms with Crippen molar-refractivity contribution in [2.75, 3.05) is 0 Å². The van der Waals surface area contributed by atoms with Crippen molar-refractivity contribution in [1.29, 1.82) is 0 Å². The van der Waals surface area contributed by atoms with Crippen molar-refractivity contribution in [3.63, 3.8) is 0 Å². The summed E-state index contributed by atoms with van der Waals surface area (Å²) in [7, 11) is 0. The molecule has 2 heterocycles. The fraction of sp³-hybridized carbons (Fsp3) is 0. The first-order valence-corrected chi connectivity index (χ1v) is 10.8. The first-order chi connectivity index (χ1) is 14.7. The summed E-state index contributed by atoms with van der Waals surface area (Å²) in [6.45, 7) is 0. The van der Waals surface area contributed by atoms with Gasteiger partial charge in [-0.25, -0.2) is 9.97 Å². The number of halogens is 2. The molecular weight excluding hydrogens is 435 g/mol. The lowest BCUT2D eigenvalue weighted by molar-refractivity contribution is 0.617. The van der Waals surface area contributed by atoms with Gasteiger partial charge in [0.1, 0.15) is 17.1 Å². The number of aromatic nitrogens is 2. The molecule has 3 aromatic carbocycles. The third-order valence-electron chi connectivity index (χ3n) is 4.66. The van der Waals surface area contributed by atoms with Crippen molar-refractivity contribution < 1.29 is 4.42 Å². The van der Waals surface area contributed by atoms with E-state index in [1.165, 1.54) is 18.1 Å². The quantitative estimate of drug-likeness (QED) is 0.261. The van der Waals surface area contributed by atoms with Gasteiger partial charge in [0.15, 0.2) is 0 Å². The molecule has 0 saturated carbocycles. The second-order valence-electron chi connectivity index (χ2n) is 6.58. The molecule has 30 heavy (non-hydrogen) atoms. The van der Waals surface area contributed by atoms with Crippen LogP contribution in [-0.2, 0) is 0 Å². The molecule has 2 aromatic heterocycles. The van der Waals surface area contributed by atoms with Crippen LogP contribution in [0.15, 0.2) is 99.5 Å². The Labute approximate surface area is 187 Å². The van der Waals surface area contributed by atoms with Gasteiger partial charge in [0.2, 0.25) is 5.71 Å². The van der Waals surface area contributed by atoms with E-state index < -0.39 is 0 Å². The molecule has 0 saturated heterocycles. The monoisotopic (exact) mass is 448 g/mol. The van der Waals surface area contributed by atoms with E-state index in [0.29, 0.717) is 15.8 Å². The van der Waals surface area contributed by atoms with Gasteiger partial charge in [-0.1, -0.05) is 95.6 Å². The van der Waals surface area contributed by atoms with Crippen molar-refractivity contribution in [2.24, 2.45) is 0 Å². The Morgan fingerprint density at radius 2 is 1.43 bits per heavy atom. The van der Waals surface area contributed by atoms with Crippen LogP contribution in [0.3, 0.4) is 0 Å². The molecule has 5 aromatic rings. The van der Waals surface area contributed by atoms with Gasteiger partial charge in [0.25, 0.3) is 0 Å². The summed E-state index contributed by atoms with van der Waals surface area (Å²) in [5, 5.41) is 2.70. The molecule has 0 unspecified atom stereocenters. The SMILES string of the molecule is Clc1ccc(Sc2ncnc3oc(-c4ccccc4)c(-c4ccccc4)c23)cc1Cl. The summed E-state index contributed by atoms with van der Waals surface area (Å²) in [6, 6.07) is 25.7. The Morgan fingerprint density at radius 1 is 0.733 bits per heavy atom. The molecule has 5 rings (SSSR count). The molecule has 0 bridgehead atoms. The van der Waals surface area contributed by atoms with E-state index in [1.807, 2.05) is 60.7 Å². The predicted octanol–water partition coefficient (Wildman–Crippen LogP) is 8.01. The lowest BCUT2D eigenvalue weighted by Gasteiger charge is -2.07. The van der Waals surface area contributed by atoms with E-state index in [-0.39, 0.29) is 0 Å². The second kappa shape index (κ2) is 8.15. The van der Waals surface area contributed by atoms with Gasteiger partial charge in [0, 0.05) is 16.0 Å². The largest absolute Gasteiger partial charge is 0.437 e. The maximum Gasteiger partial charge on any atom is 0.231 e. The molecule has 0 N–H and O–H groups in total. The van der Waals surface area contributed by atoms with Crippen LogP contribution >= 0.6 is 35.0 Å². The summed E-state index contributed by atoms with van der Waals surface area (Å²) in [5.74, 6) is 0.772. The zero-order valence-corrected chi connectivity index (χ0v) is 17.9. The summed E-state index contributed by atoms with van der Waals surface area (Å²) >= 11 is 13.8. The Hall–Kier alpha value is -2.79. The van der Waals surface area contributed by atoms with Crippen molar-refractivity contribution in [3.8, 4) is 22.5 Å². The first-order valence-electron chi connectivity index (χ1n) is 9.22. The molecule has 3 nitrogen and oxygen atoms in total. The highest BCUT2D eigenvalue weighted by Gasteiger charge is 2.22. The number of fused-ring (bicyclic) bond motifs is 1. The van der Waals surface area contributed by atoms with Crippen LogP contribution in [0.25, 0.3) is 33.6 Å². The molecule has 0 spiro atoms. The molecular formula is C24H14Cl2N2OS. The minimum Gasteiger partial charge on any atom is -0.437 e. The summed E-state index contributed by atoms with van der Waals surface area (Å²) < 4.78 is 6.25. The van der Waals surface area contributed by atoms with Gasteiger partial charge in [-0.15, -0.1) is 0 Å². The number of furan rings is 1. The van der Waals surface area contributed by atoms with Gasteiger partial charge in [-0.05, 0) is 23.8 Å². The van der Waals surface area contributed by atoms with Gasteiger partial charge in [0.05, 0.1) is 15.4 Å². The maximum atomic E-state index is 6.25. The number of hydrogen-bond acceptors (Lipinski definition) is 4. The molecule has 146 valence electrons. The Bertz CT molecular complexity index is 1340. The smallest absolute Gasteiger partial charge is 0.231 e. The van der Waals surface area contributed by atoms with Crippen LogP contribution in [0.5, 0.6) is 0 Å². The van der Waals surface area contributed by atoms with Crippen molar-refractivity contribution in [1.82, 2.24) is 9.97 Å². The van der Waals surface area contributed by atoms with Crippen LogP contribution in [0.4, 0.5) is 0 Å². The third kappa shape index (κ3) is 3.58. The fourth-order valence-corrected chi connectivity index (χ4v) is 4.60. The average molecular weight is 449 g/mol. The molecule has 6 heteroatoms. The van der Waals surface area contributed by atoms with Crippen LogP contribution in [0.1, 0.15) is 0 Å². The second-order valence-corrected chi connectivity index (χ2v) is 8.45. The number of nitrogens with zero attached hydrogens (tertiary/aromatic N) is 2. The van der Waals surface area contributed by atoms with Crippen LogP contribution in [-0.4, -0.2) is 9.97 Å². The minimum atomic E-state index is 0.507. The van der Waals surface area contributed by atoms with E-state index in [2.05, 4.69) is 22.1 Å². The van der Waals surface area contributed by atoms with Crippen LogP contribution < -0.4 is 0 Å². The number of hydrogen-bond donors (Lipinski definition) is 0. The zero-order valence-electron chi connectivity index (χ0n) is 15.5. The fourth-order valence-electron chi connectivity index (χ4n) is 3.31. The molecule has 0 fully saturated rings. The van der Waals surface area contributed by atoms with E-state index in [1.54, 1.807) is 6.07 Å². The molecule has 0 amide bonds. The van der Waals surface area contributed by atoms with E-state index in [9.17, 15) is 0 Å². The molecule has 0 aliphatic rings. The van der Waals surface area contributed by atoms with Gasteiger partial charge in [-0.3, -0.25) is 0 Å². The summed E-state index contributed by atoms with van der Waals surface area (Å²) in [5.41, 5.74) is 3.55. The van der Waals surface area contributed by atoms with Gasteiger partial charge < -0.3 is 4.42 Å². The highest BCUT2D eigenvalue weighted by atomic mass is 35.5. The van der Waals surface area contributed by atoms with Crippen molar-refractivity contribution in [2.45, 2.75) is 9.92 Å². The molecule has 0 radical (unpaired) electrons. The van der Waals surface area contributed by atoms with E-state index in [4.69, 9.17) is 27.6 Å². The standard InChI is InChI=1S/C24H14Cl2N2OS/c25-18-12-11-17(13-19(18)26)30-24-21-20(15-7-3-1-4-8-15)22(16-9-5-2-6-10-16)29-23(21)27-14-28-24/h1-14H. The highest BCUT2D eigenvalue weighted by molar-refractivity contribution is 7.99. The lowest BCUT2D eigenvalue weighted by Crippen LogP contribution is -1.87. The normalized spacial score (nSPS) is 11.1. The zero-order chi connectivity index (χ0) is 20.5. The Balaban J connectivity index is 1.75. The number of rotatable bonds is 4. The van der Waals surface area contributed by atoms with E-state index in [0.717, 1.165) is 37.8 Å². The summed E-state index contributed by atoms with van der Waals surface area (Å²) in [6.07, 6.45) is 1.52. The number of benzene rings is 3. The summed E-state index contributed by atoms with van der Waals surface area (Å²) in [4.78, 5) is 9.91. The highest BCUT2D eigenvalue weighted by Crippen LogP contribution is 2.44. The van der Waals surface area contributed by atoms with Crippen molar-refractivity contribution >= 4 is 46.1 Å². The Kier molecular flexibility index (Phi) is 5.21. The Morgan fingerprint density at radius 3 is 2.13 bits per heavy atom. The van der Waals surface area contributed by atoms with Gasteiger partial charge in [-0.2, -0.15) is 0 Å².